The molecule has 0 saturated heterocycles. The number of para-hydroxylation sites is 1. The molecular weight excluding hydrogens is 202 g/mol. The summed E-state index contributed by atoms with van der Waals surface area (Å²) in [4.78, 5) is 0. The van der Waals surface area contributed by atoms with Gasteiger partial charge < -0.3 is 4.18 Å². The van der Waals surface area contributed by atoms with Gasteiger partial charge in [0.2, 0.25) is 0 Å². The second-order valence-corrected chi connectivity index (χ2v) is 4.22. The van der Waals surface area contributed by atoms with Gasteiger partial charge in [0.1, 0.15) is 5.75 Å². The minimum Gasteiger partial charge on any atom is -0.371 e. The lowest BCUT2D eigenvalue weighted by molar-refractivity contribution is 0.444. The Kier molecular flexibility index (Phi) is 2.05. The summed E-state index contributed by atoms with van der Waals surface area (Å²) in [6.07, 6.45) is 1.53. The molecule has 0 spiro atoms. The number of rotatable bonds is 1. The molecule has 0 aliphatic carbocycles. The molecule has 0 fully saturated rings. The molecule has 14 heavy (non-hydrogen) atoms. The molecule has 4 nitrogen and oxygen atoms in total. The van der Waals surface area contributed by atoms with E-state index in [-0.39, 0.29) is 0 Å². The van der Waals surface area contributed by atoms with E-state index in [9.17, 15) is 8.42 Å². The van der Waals surface area contributed by atoms with Gasteiger partial charge in [0, 0.05) is 5.56 Å². The minimum absolute atomic E-state index is 0.358. The van der Waals surface area contributed by atoms with Gasteiger partial charge in [-0.25, -0.2) is 0 Å². The van der Waals surface area contributed by atoms with Crippen LogP contribution in [0.5, 0.6) is 5.75 Å². The molecule has 1 N–H and O–H groups in total. The van der Waals surface area contributed by atoms with E-state index in [0.717, 1.165) is 5.56 Å². The first-order valence-corrected chi connectivity index (χ1v) is 5.46. The highest BCUT2D eigenvalue weighted by molar-refractivity contribution is 7.85. The number of fused-ring (bicyclic) bond motifs is 1. The Bertz CT molecular complexity index is 467. The molecule has 1 heterocycles. The molecule has 0 radical (unpaired) electrons. The van der Waals surface area contributed by atoms with E-state index >= 15 is 0 Å². The van der Waals surface area contributed by atoms with Crippen LogP contribution in [0.4, 0.5) is 0 Å². The monoisotopic (exact) mass is 211 g/mol. The molecular formula is C9H9NO3S. The summed E-state index contributed by atoms with van der Waals surface area (Å²) in [5, 5.41) is 0. The maximum Gasteiger partial charge on any atom is 0.383 e. The minimum atomic E-state index is -3.68. The Morgan fingerprint density at radius 2 is 2.14 bits per heavy atom. The topological polar surface area (TPSA) is 55.4 Å². The zero-order valence-electron chi connectivity index (χ0n) is 7.30. The van der Waals surface area contributed by atoms with Crippen molar-refractivity contribution in [3.8, 4) is 5.75 Å². The summed E-state index contributed by atoms with van der Waals surface area (Å²) in [6.45, 7) is 3.57. The highest BCUT2D eigenvalue weighted by Crippen LogP contribution is 2.30. The first-order valence-electron chi connectivity index (χ1n) is 4.05. The van der Waals surface area contributed by atoms with Gasteiger partial charge in [-0.15, -0.1) is 6.58 Å². The van der Waals surface area contributed by atoms with E-state index in [0.29, 0.717) is 5.75 Å². The van der Waals surface area contributed by atoms with Gasteiger partial charge in [0.25, 0.3) is 0 Å². The van der Waals surface area contributed by atoms with Crippen molar-refractivity contribution in [3.05, 3.63) is 42.5 Å². The third-order valence-electron chi connectivity index (χ3n) is 1.96. The molecule has 1 aromatic rings. The molecule has 0 saturated carbocycles. The molecule has 0 amide bonds. The highest BCUT2D eigenvalue weighted by atomic mass is 32.2. The second-order valence-electron chi connectivity index (χ2n) is 2.91. The number of hydrogen-bond donors (Lipinski definition) is 1. The van der Waals surface area contributed by atoms with Gasteiger partial charge in [-0.1, -0.05) is 24.3 Å². The molecule has 0 bridgehead atoms. The third kappa shape index (κ3) is 1.51. The molecule has 5 heteroatoms. The smallest absolute Gasteiger partial charge is 0.371 e. The zero-order valence-corrected chi connectivity index (χ0v) is 8.12. The van der Waals surface area contributed by atoms with Gasteiger partial charge in [-0.3, -0.25) is 0 Å². The molecule has 1 aliphatic heterocycles. The third-order valence-corrected chi connectivity index (χ3v) is 2.90. The van der Waals surface area contributed by atoms with Crippen LogP contribution in [-0.2, 0) is 10.3 Å². The summed E-state index contributed by atoms with van der Waals surface area (Å²) in [5.41, 5.74) is 0.775. The summed E-state index contributed by atoms with van der Waals surface area (Å²) in [6, 6.07) is 6.54. The normalized spacial score (nSPS) is 23.3. The van der Waals surface area contributed by atoms with Gasteiger partial charge in [0.15, 0.2) is 0 Å². The molecule has 0 aromatic heterocycles. The summed E-state index contributed by atoms with van der Waals surface area (Å²) >= 11 is 0. The SMILES string of the molecule is C=C[C@H]1NS(=O)(=O)Oc2ccccc21. The van der Waals surface area contributed by atoms with E-state index in [2.05, 4.69) is 11.3 Å². The molecule has 1 aliphatic rings. The van der Waals surface area contributed by atoms with Gasteiger partial charge in [0.05, 0.1) is 6.04 Å². The van der Waals surface area contributed by atoms with Crippen LogP contribution in [0.2, 0.25) is 0 Å². The molecule has 1 aromatic carbocycles. The Morgan fingerprint density at radius 3 is 2.86 bits per heavy atom. The fourth-order valence-corrected chi connectivity index (χ4v) is 2.32. The zero-order chi connectivity index (χ0) is 10.2. The van der Waals surface area contributed by atoms with Gasteiger partial charge >= 0.3 is 10.3 Å². The fourth-order valence-electron chi connectivity index (χ4n) is 1.35. The van der Waals surface area contributed by atoms with Crippen molar-refractivity contribution < 1.29 is 12.6 Å². The maximum atomic E-state index is 11.2. The lowest BCUT2D eigenvalue weighted by Gasteiger charge is -2.23. The van der Waals surface area contributed by atoms with Crippen LogP contribution in [0.3, 0.4) is 0 Å². The Morgan fingerprint density at radius 1 is 1.43 bits per heavy atom. The average Bonchev–Trinajstić information content (AvgIpc) is 2.15. The first kappa shape index (κ1) is 9.23. The standard InChI is InChI=1S/C9H9NO3S/c1-2-8-7-5-3-4-6-9(7)13-14(11,12)10-8/h2-6,8,10H,1H2/t8-/m1/s1. The van der Waals surface area contributed by atoms with Crippen molar-refractivity contribution in [2.75, 3.05) is 0 Å². The largest absolute Gasteiger partial charge is 0.383 e. The summed E-state index contributed by atoms with van der Waals surface area (Å²) in [7, 11) is -3.68. The van der Waals surface area contributed by atoms with Crippen molar-refractivity contribution in [3.63, 3.8) is 0 Å². The maximum absolute atomic E-state index is 11.2. The predicted octanol–water partition coefficient (Wildman–Crippen LogP) is 1.14. The van der Waals surface area contributed by atoms with Crippen LogP contribution in [0.25, 0.3) is 0 Å². The Labute approximate surface area is 82.5 Å². The first-order chi connectivity index (χ1) is 6.62. The van der Waals surface area contributed by atoms with Crippen molar-refractivity contribution in [2.45, 2.75) is 6.04 Å². The number of nitrogens with one attached hydrogen (secondary N) is 1. The van der Waals surface area contributed by atoms with E-state index < -0.39 is 16.3 Å². The van der Waals surface area contributed by atoms with E-state index in [1.54, 1.807) is 18.2 Å². The number of hydrogen-bond acceptors (Lipinski definition) is 3. The van der Waals surface area contributed by atoms with Crippen LogP contribution in [0.1, 0.15) is 11.6 Å². The predicted molar refractivity (Wildman–Crippen MR) is 52.1 cm³/mol. The van der Waals surface area contributed by atoms with Crippen LogP contribution in [0, 0.1) is 0 Å². The lowest BCUT2D eigenvalue weighted by atomic mass is 10.1. The van der Waals surface area contributed by atoms with Gasteiger partial charge in [-0.2, -0.15) is 13.1 Å². The van der Waals surface area contributed by atoms with Gasteiger partial charge in [-0.05, 0) is 6.07 Å². The van der Waals surface area contributed by atoms with E-state index in [1.807, 2.05) is 6.07 Å². The van der Waals surface area contributed by atoms with Crippen molar-refractivity contribution >= 4 is 10.3 Å². The second kappa shape index (κ2) is 3.11. The molecule has 0 unspecified atom stereocenters. The van der Waals surface area contributed by atoms with Crippen LogP contribution in [-0.4, -0.2) is 8.42 Å². The Hall–Kier alpha value is -1.33. The van der Waals surface area contributed by atoms with Crippen molar-refractivity contribution in [1.82, 2.24) is 4.72 Å². The highest BCUT2D eigenvalue weighted by Gasteiger charge is 2.27. The molecule has 74 valence electrons. The fraction of sp³-hybridized carbons (Fsp3) is 0.111. The lowest BCUT2D eigenvalue weighted by Crippen LogP contribution is -2.35. The summed E-state index contributed by atoms with van der Waals surface area (Å²) in [5.74, 6) is 0.358. The van der Waals surface area contributed by atoms with Crippen molar-refractivity contribution in [1.29, 1.82) is 0 Å². The molecule has 1 atom stereocenters. The van der Waals surface area contributed by atoms with E-state index in [1.165, 1.54) is 6.08 Å². The van der Waals surface area contributed by atoms with E-state index in [4.69, 9.17) is 4.18 Å². The molecule has 2 rings (SSSR count). The quantitative estimate of drug-likeness (QED) is 0.709. The Balaban J connectivity index is 2.56. The summed E-state index contributed by atoms with van der Waals surface area (Å²) < 4.78 is 29.5. The number of benzene rings is 1. The van der Waals surface area contributed by atoms with Crippen LogP contribution >= 0.6 is 0 Å². The van der Waals surface area contributed by atoms with Crippen LogP contribution in [0.15, 0.2) is 36.9 Å². The van der Waals surface area contributed by atoms with Crippen molar-refractivity contribution in [2.24, 2.45) is 0 Å². The van der Waals surface area contributed by atoms with Crippen LogP contribution < -0.4 is 8.91 Å². The average molecular weight is 211 g/mol.